The van der Waals surface area contributed by atoms with Crippen LogP contribution in [0.25, 0.3) is 0 Å². The van der Waals surface area contributed by atoms with Crippen LogP contribution >= 0.6 is 0 Å². The number of fused-ring (bicyclic) bond motifs is 2. The molecule has 0 amide bonds. The SMILES string of the molecule is CC(C)(C)OC(=O)C1CCC2CC3CC4(CCCC3=C2C1)CON4. The first-order chi connectivity index (χ1) is 11.4. The topological polar surface area (TPSA) is 47.6 Å². The van der Waals surface area contributed by atoms with Gasteiger partial charge in [0.25, 0.3) is 0 Å². The van der Waals surface area contributed by atoms with Crippen molar-refractivity contribution in [3.63, 3.8) is 0 Å². The van der Waals surface area contributed by atoms with Crippen molar-refractivity contribution in [1.82, 2.24) is 5.48 Å². The fraction of sp³-hybridized carbons (Fsp3) is 0.850. The van der Waals surface area contributed by atoms with Gasteiger partial charge in [0.1, 0.15) is 5.60 Å². The second kappa shape index (κ2) is 5.84. The van der Waals surface area contributed by atoms with E-state index in [0.29, 0.717) is 5.92 Å². The Bertz CT molecular complexity index is 556. The van der Waals surface area contributed by atoms with Gasteiger partial charge in [0, 0.05) is 0 Å². The van der Waals surface area contributed by atoms with E-state index in [1.54, 1.807) is 11.1 Å². The van der Waals surface area contributed by atoms with Gasteiger partial charge >= 0.3 is 5.97 Å². The molecule has 4 aliphatic rings. The molecule has 1 heterocycles. The molecule has 0 aromatic rings. The first-order valence-electron chi connectivity index (χ1n) is 9.69. The van der Waals surface area contributed by atoms with E-state index < -0.39 is 0 Å². The minimum absolute atomic E-state index is 0.0108. The molecule has 24 heavy (non-hydrogen) atoms. The van der Waals surface area contributed by atoms with Crippen LogP contribution in [0.15, 0.2) is 11.1 Å². The lowest BCUT2D eigenvalue weighted by Gasteiger charge is -2.43. The molecule has 0 radical (unpaired) electrons. The van der Waals surface area contributed by atoms with Gasteiger partial charge in [-0.1, -0.05) is 11.1 Å². The van der Waals surface area contributed by atoms with Crippen LogP contribution in [0.5, 0.6) is 0 Å². The molecule has 134 valence electrons. The van der Waals surface area contributed by atoms with Crippen LogP contribution in [0.4, 0.5) is 0 Å². The third-order valence-corrected chi connectivity index (χ3v) is 6.41. The number of hydrogen-bond donors (Lipinski definition) is 1. The Hall–Kier alpha value is -0.870. The summed E-state index contributed by atoms with van der Waals surface area (Å²) in [5.74, 6) is 1.52. The van der Waals surface area contributed by atoms with Gasteiger partial charge in [-0.15, -0.1) is 0 Å². The van der Waals surface area contributed by atoms with E-state index in [2.05, 4.69) is 5.48 Å². The van der Waals surface area contributed by atoms with E-state index in [4.69, 9.17) is 9.57 Å². The lowest BCUT2D eigenvalue weighted by atomic mass is 9.78. The number of carbonyl (C=O) groups excluding carboxylic acids is 1. The van der Waals surface area contributed by atoms with Gasteiger partial charge in [-0.2, -0.15) is 5.48 Å². The average molecular weight is 333 g/mol. The van der Waals surface area contributed by atoms with E-state index in [1.165, 1.54) is 32.1 Å². The van der Waals surface area contributed by atoms with Crippen LogP contribution in [-0.4, -0.2) is 23.7 Å². The molecule has 1 spiro atoms. The quantitative estimate of drug-likeness (QED) is 0.584. The molecule has 4 nitrogen and oxygen atoms in total. The molecule has 3 fully saturated rings. The monoisotopic (exact) mass is 333 g/mol. The van der Waals surface area contributed by atoms with Gasteiger partial charge in [0.2, 0.25) is 0 Å². The second-order valence-corrected chi connectivity index (χ2v) is 9.42. The van der Waals surface area contributed by atoms with Crippen LogP contribution in [0.1, 0.15) is 72.1 Å². The van der Waals surface area contributed by atoms with Crippen LogP contribution < -0.4 is 5.48 Å². The fourth-order valence-corrected chi connectivity index (χ4v) is 5.36. The molecule has 4 unspecified atom stereocenters. The molecule has 0 aromatic carbocycles. The van der Waals surface area contributed by atoms with E-state index in [1.807, 2.05) is 20.8 Å². The number of hydrogen-bond acceptors (Lipinski definition) is 4. The van der Waals surface area contributed by atoms with E-state index in [0.717, 1.165) is 31.8 Å². The first kappa shape index (κ1) is 16.6. The number of nitrogens with one attached hydrogen (secondary N) is 1. The molecular weight excluding hydrogens is 302 g/mol. The molecule has 1 N–H and O–H groups in total. The highest BCUT2D eigenvalue weighted by molar-refractivity contribution is 5.73. The Morgan fingerprint density at radius 1 is 1.25 bits per heavy atom. The third kappa shape index (κ3) is 3.03. The van der Waals surface area contributed by atoms with Crippen molar-refractivity contribution < 1.29 is 14.4 Å². The van der Waals surface area contributed by atoms with Gasteiger partial charge in [-0.25, -0.2) is 0 Å². The second-order valence-electron chi connectivity index (χ2n) is 9.42. The highest BCUT2D eigenvalue weighted by Gasteiger charge is 2.47. The standard InChI is InChI=1S/C20H31NO3/c1-19(2,3)24-18(22)14-7-6-13-9-15-11-20(12-23-21-20)8-4-5-16(15)17(13)10-14/h13-15,21H,4-12H2,1-3H3. The van der Waals surface area contributed by atoms with Crippen molar-refractivity contribution in [2.45, 2.75) is 83.3 Å². The van der Waals surface area contributed by atoms with Gasteiger partial charge < -0.3 is 4.74 Å². The molecule has 1 aliphatic heterocycles. The predicted octanol–water partition coefficient (Wildman–Crippen LogP) is 3.91. The lowest BCUT2D eigenvalue weighted by Crippen LogP contribution is -2.60. The largest absolute Gasteiger partial charge is 0.460 e. The first-order valence-corrected chi connectivity index (χ1v) is 9.69. The van der Waals surface area contributed by atoms with E-state index in [9.17, 15) is 4.79 Å². The molecule has 4 heteroatoms. The van der Waals surface area contributed by atoms with E-state index in [-0.39, 0.29) is 23.0 Å². The fourth-order valence-electron chi connectivity index (χ4n) is 5.36. The van der Waals surface area contributed by atoms with Crippen molar-refractivity contribution in [2.24, 2.45) is 17.8 Å². The summed E-state index contributed by atoms with van der Waals surface area (Å²) in [6.07, 6.45) is 9.32. The maximum absolute atomic E-state index is 12.5. The zero-order valence-corrected chi connectivity index (χ0v) is 15.3. The van der Waals surface area contributed by atoms with Crippen molar-refractivity contribution in [1.29, 1.82) is 0 Å². The normalized spacial score (nSPS) is 39.0. The van der Waals surface area contributed by atoms with Gasteiger partial charge in [0.15, 0.2) is 0 Å². The Morgan fingerprint density at radius 2 is 2.04 bits per heavy atom. The maximum Gasteiger partial charge on any atom is 0.309 e. The van der Waals surface area contributed by atoms with Gasteiger partial charge in [0.05, 0.1) is 18.1 Å². The van der Waals surface area contributed by atoms with Crippen LogP contribution in [0.2, 0.25) is 0 Å². The molecule has 4 atom stereocenters. The third-order valence-electron chi connectivity index (χ3n) is 6.41. The molecule has 0 aromatic heterocycles. The smallest absolute Gasteiger partial charge is 0.309 e. The Morgan fingerprint density at radius 3 is 2.71 bits per heavy atom. The summed E-state index contributed by atoms with van der Waals surface area (Å²) in [6, 6.07) is 0. The van der Waals surface area contributed by atoms with Gasteiger partial charge in [-0.05, 0) is 84.0 Å². The molecule has 3 aliphatic carbocycles. The van der Waals surface area contributed by atoms with Crippen LogP contribution in [0, 0.1) is 17.8 Å². The number of allylic oxidation sites excluding steroid dienone is 2. The minimum Gasteiger partial charge on any atom is -0.460 e. The zero-order valence-electron chi connectivity index (χ0n) is 15.3. The molecule has 2 saturated carbocycles. The summed E-state index contributed by atoms with van der Waals surface area (Å²) >= 11 is 0. The highest BCUT2D eigenvalue weighted by Crippen LogP contribution is 2.52. The van der Waals surface area contributed by atoms with Crippen LogP contribution in [-0.2, 0) is 14.4 Å². The number of hydroxylamine groups is 1. The van der Waals surface area contributed by atoms with Crippen molar-refractivity contribution in [3.05, 3.63) is 11.1 Å². The predicted molar refractivity (Wildman–Crippen MR) is 92.1 cm³/mol. The summed E-state index contributed by atoms with van der Waals surface area (Å²) in [7, 11) is 0. The molecule has 0 bridgehead atoms. The van der Waals surface area contributed by atoms with E-state index >= 15 is 0 Å². The van der Waals surface area contributed by atoms with Gasteiger partial charge in [-0.3, -0.25) is 9.63 Å². The molecule has 4 rings (SSSR count). The van der Waals surface area contributed by atoms with Crippen molar-refractivity contribution >= 4 is 5.97 Å². The summed E-state index contributed by atoms with van der Waals surface area (Å²) in [5.41, 5.74) is 6.43. The Balaban J connectivity index is 1.50. The van der Waals surface area contributed by atoms with Crippen LogP contribution in [0.3, 0.4) is 0 Å². The summed E-state index contributed by atoms with van der Waals surface area (Å²) in [4.78, 5) is 17.8. The summed E-state index contributed by atoms with van der Waals surface area (Å²) < 4.78 is 5.66. The molecular formula is C20H31NO3. The van der Waals surface area contributed by atoms with Crippen molar-refractivity contribution in [2.75, 3.05) is 6.61 Å². The highest BCUT2D eigenvalue weighted by atomic mass is 16.7. The number of rotatable bonds is 1. The number of ether oxygens (including phenoxy) is 1. The van der Waals surface area contributed by atoms with Crippen molar-refractivity contribution in [3.8, 4) is 0 Å². The number of esters is 1. The minimum atomic E-state index is -0.380. The summed E-state index contributed by atoms with van der Waals surface area (Å²) in [5, 5.41) is 0. The Kier molecular flexibility index (Phi) is 4.04. The average Bonchev–Trinajstić information content (AvgIpc) is 2.67. The Labute approximate surface area is 145 Å². The lowest BCUT2D eigenvalue weighted by molar-refractivity contribution is -0.167. The summed E-state index contributed by atoms with van der Waals surface area (Å²) in [6.45, 7) is 6.75. The number of carbonyl (C=O) groups is 1. The maximum atomic E-state index is 12.5. The molecule has 1 saturated heterocycles. The zero-order chi connectivity index (χ0) is 16.9.